The number of nitrogens with zero attached hydrogens (tertiary/aromatic N) is 1. The second-order valence-corrected chi connectivity index (χ2v) is 3.31. The fraction of sp³-hybridized carbons (Fsp3) is 0.889. The maximum atomic E-state index is 10.9. The number of piperidine rings is 1. The van der Waals surface area contributed by atoms with Crippen LogP contribution in [0.5, 0.6) is 0 Å². The molecule has 1 N–H and O–H groups in total. The first kappa shape index (κ1) is 9.68. The Bertz CT molecular complexity index is 137. The van der Waals surface area contributed by atoms with Gasteiger partial charge in [-0.05, 0) is 19.4 Å². The van der Waals surface area contributed by atoms with Gasteiger partial charge in [-0.3, -0.25) is 4.79 Å². The Labute approximate surface area is 73.4 Å². The summed E-state index contributed by atoms with van der Waals surface area (Å²) < 4.78 is 0. The monoisotopic (exact) mass is 171 g/mol. The van der Waals surface area contributed by atoms with Crippen molar-refractivity contribution in [1.82, 2.24) is 4.90 Å². The number of likely N-dealkylation sites (tertiary alicyclic amines) is 1. The molecule has 1 heterocycles. The first-order chi connectivity index (χ1) is 5.83. The van der Waals surface area contributed by atoms with E-state index in [4.69, 9.17) is 5.11 Å². The van der Waals surface area contributed by atoms with Gasteiger partial charge in [-0.1, -0.05) is 0 Å². The molecular formula is C9H17NO2. The zero-order valence-corrected chi connectivity index (χ0v) is 7.46. The van der Waals surface area contributed by atoms with Crippen LogP contribution in [-0.2, 0) is 4.79 Å². The molecule has 0 spiro atoms. The van der Waals surface area contributed by atoms with Crippen LogP contribution in [0, 0.1) is 0 Å². The average molecular weight is 171 g/mol. The highest BCUT2D eigenvalue weighted by Gasteiger charge is 2.14. The molecule has 0 aromatic heterocycles. The van der Waals surface area contributed by atoms with Crippen molar-refractivity contribution < 1.29 is 9.90 Å². The van der Waals surface area contributed by atoms with E-state index in [0.717, 1.165) is 45.3 Å². The van der Waals surface area contributed by atoms with E-state index >= 15 is 0 Å². The Morgan fingerprint density at radius 2 is 1.92 bits per heavy atom. The van der Waals surface area contributed by atoms with Crippen molar-refractivity contribution in [3.05, 3.63) is 0 Å². The van der Waals surface area contributed by atoms with Gasteiger partial charge in [0.1, 0.15) is 5.78 Å². The molecule has 3 nitrogen and oxygen atoms in total. The number of hydrogen-bond donors (Lipinski definition) is 1. The number of Topliss-reactive ketones (excluding diaryl/α,β-unsaturated/α-hetero) is 1. The molecule has 0 bridgehead atoms. The molecule has 0 amide bonds. The molecule has 0 aromatic carbocycles. The fourth-order valence-electron chi connectivity index (χ4n) is 1.47. The molecule has 0 aliphatic carbocycles. The van der Waals surface area contributed by atoms with Crippen molar-refractivity contribution >= 4 is 5.78 Å². The lowest BCUT2D eigenvalue weighted by Crippen LogP contribution is -2.34. The fourth-order valence-corrected chi connectivity index (χ4v) is 1.47. The summed E-state index contributed by atoms with van der Waals surface area (Å²) >= 11 is 0. The van der Waals surface area contributed by atoms with E-state index in [1.165, 1.54) is 0 Å². The lowest BCUT2D eigenvalue weighted by molar-refractivity contribution is -0.121. The van der Waals surface area contributed by atoms with Gasteiger partial charge in [0.05, 0.1) is 0 Å². The molecule has 1 saturated heterocycles. The minimum atomic E-state index is 0.284. The second-order valence-electron chi connectivity index (χ2n) is 3.31. The Balaban J connectivity index is 2.05. The van der Waals surface area contributed by atoms with Crippen LogP contribution in [0.25, 0.3) is 0 Å². The number of carbonyl (C=O) groups excluding carboxylic acids is 1. The van der Waals surface area contributed by atoms with Crippen LogP contribution in [0.4, 0.5) is 0 Å². The predicted molar refractivity (Wildman–Crippen MR) is 47.0 cm³/mol. The smallest absolute Gasteiger partial charge is 0.135 e. The third kappa shape index (κ3) is 3.32. The normalized spacial score (nSPS) is 19.9. The number of rotatable bonds is 4. The quantitative estimate of drug-likeness (QED) is 0.623. The summed E-state index contributed by atoms with van der Waals surface area (Å²) in [7, 11) is 0. The molecule has 3 heteroatoms. The molecule has 0 atom stereocenters. The number of aliphatic hydroxyl groups excluding tert-OH is 1. The molecule has 0 aromatic rings. The zero-order chi connectivity index (χ0) is 8.81. The van der Waals surface area contributed by atoms with Crippen LogP contribution >= 0.6 is 0 Å². The summed E-state index contributed by atoms with van der Waals surface area (Å²) in [6.45, 7) is 3.16. The van der Waals surface area contributed by atoms with Gasteiger partial charge in [-0.2, -0.15) is 0 Å². The zero-order valence-electron chi connectivity index (χ0n) is 7.46. The first-order valence-electron chi connectivity index (χ1n) is 4.68. The highest BCUT2D eigenvalue weighted by Crippen LogP contribution is 2.06. The van der Waals surface area contributed by atoms with Crippen molar-refractivity contribution in [1.29, 1.82) is 0 Å². The molecule has 70 valence electrons. The number of carbonyl (C=O) groups is 1. The van der Waals surface area contributed by atoms with Crippen LogP contribution < -0.4 is 0 Å². The average Bonchev–Trinajstić information content (AvgIpc) is 2.09. The summed E-state index contributed by atoms with van der Waals surface area (Å²) in [6.07, 6.45) is 3.37. The standard InChI is InChI=1S/C9H17NO2/c11-8-2-1-5-10-6-3-9(12)4-7-10/h11H,1-8H2. The van der Waals surface area contributed by atoms with E-state index < -0.39 is 0 Å². The van der Waals surface area contributed by atoms with Gasteiger partial charge in [0.25, 0.3) is 0 Å². The lowest BCUT2D eigenvalue weighted by Gasteiger charge is -2.25. The Kier molecular flexibility index (Phi) is 4.25. The van der Waals surface area contributed by atoms with Gasteiger partial charge in [-0.15, -0.1) is 0 Å². The molecule has 0 radical (unpaired) electrons. The molecule has 1 rings (SSSR count). The van der Waals surface area contributed by atoms with Crippen LogP contribution in [0.2, 0.25) is 0 Å². The first-order valence-corrected chi connectivity index (χ1v) is 4.68. The van der Waals surface area contributed by atoms with Crippen molar-refractivity contribution in [2.24, 2.45) is 0 Å². The molecule has 12 heavy (non-hydrogen) atoms. The largest absolute Gasteiger partial charge is 0.396 e. The topological polar surface area (TPSA) is 40.5 Å². The van der Waals surface area contributed by atoms with Crippen molar-refractivity contribution in [3.63, 3.8) is 0 Å². The van der Waals surface area contributed by atoms with Crippen LogP contribution in [0.3, 0.4) is 0 Å². The van der Waals surface area contributed by atoms with Crippen LogP contribution in [0.15, 0.2) is 0 Å². The third-order valence-corrected chi connectivity index (χ3v) is 2.30. The summed E-state index contributed by atoms with van der Waals surface area (Å²) in [6, 6.07) is 0. The van der Waals surface area contributed by atoms with E-state index in [2.05, 4.69) is 4.90 Å². The van der Waals surface area contributed by atoms with E-state index in [1.54, 1.807) is 0 Å². The second kappa shape index (κ2) is 5.27. The molecule has 0 saturated carbocycles. The van der Waals surface area contributed by atoms with Crippen molar-refractivity contribution in [2.45, 2.75) is 25.7 Å². The van der Waals surface area contributed by atoms with E-state index in [0.29, 0.717) is 5.78 Å². The molecular weight excluding hydrogens is 154 g/mol. The van der Waals surface area contributed by atoms with Gasteiger partial charge in [0.2, 0.25) is 0 Å². The minimum Gasteiger partial charge on any atom is -0.396 e. The van der Waals surface area contributed by atoms with Gasteiger partial charge in [0, 0.05) is 32.5 Å². The summed E-state index contributed by atoms with van der Waals surface area (Å²) in [5, 5.41) is 8.57. The molecule has 0 unspecified atom stereocenters. The Morgan fingerprint density at radius 1 is 1.25 bits per heavy atom. The Hall–Kier alpha value is -0.410. The van der Waals surface area contributed by atoms with Gasteiger partial charge < -0.3 is 10.0 Å². The number of ketones is 1. The van der Waals surface area contributed by atoms with Gasteiger partial charge in [0.15, 0.2) is 0 Å². The van der Waals surface area contributed by atoms with Crippen molar-refractivity contribution in [2.75, 3.05) is 26.2 Å². The highest BCUT2D eigenvalue weighted by molar-refractivity contribution is 5.79. The van der Waals surface area contributed by atoms with Gasteiger partial charge in [-0.25, -0.2) is 0 Å². The summed E-state index contributed by atoms with van der Waals surface area (Å²) in [4.78, 5) is 13.2. The number of unbranched alkanes of at least 4 members (excludes halogenated alkanes) is 1. The maximum Gasteiger partial charge on any atom is 0.135 e. The predicted octanol–water partition coefficient (Wildman–Crippen LogP) is 0.424. The van der Waals surface area contributed by atoms with Crippen LogP contribution in [0.1, 0.15) is 25.7 Å². The van der Waals surface area contributed by atoms with Crippen LogP contribution in [-0.4, -0.2) is 42.0 Å². The summed E-state index contributed by atoms with van der Waals surface area (Å²) in [5.74, 6) is 0.397. The van der Waals surface area contributed by atoms with E-state index in [1.807, 2.05) is 0 Å². The lowest BCUT2D eigenvalue weighted by atomic mass is 10.1. The SMILES string of the molecule is O=C1CCN(CCCCO)CC1. The maximum absolute atomic E-state index is 10.9. The minimum absolute atomic E-state index is 0.284. The van der Waals surface area contributed by atoms with Crippen molar-refractivity contribution in [3.8, 4) is 0 Å². The molecule has 1 fully saturated rings. The number of hydrogen-bond acceptors (Lipinski definition) is 3. The number of aliphatic hydroxyl groups is 1. The van der Waals surface area contributed by atoms with E-state index in [-0.39, 0.29) is 6.61 Å². The summed E-state index contributed by atoms with van der Waals surface area (Å²) in [5.41, 5.74) is 0. The molecule has 1 aliphatic rings. The third-order valence-electron chi connectivity index (χ3n) is 2.30. The molecule has 1 aliphatic heterocycles. The Morgan fingerprint density at radius 3 is 2.50 bits per heavy atom. The highest BCUT2D eigenvalue weighted by atomic mass is 16.2. The van der Waals surface area contributed by atoms with E-state index in [9.17, 15) is 4.79 Å². The van der Waals surface area contributed by atoms with Gasteiger partial charge >= 0.3 is 0 Å².